The minimum Gasteiger partial charge on any atom is -0.429 e. The smallest absolute Gasteiger partial charge is 0.429 e. The van der Waals surface area contributed by atoms with E-state index in [2.05, 4.69) is 4.98 Å². The highest BCUT2D eigenvalue weighted by atomic mass is 16.8. The van der Waals surface area contributed by atoms with Crippen molar-refractivity contribution in [3.63, 3.8) is 0 Å². The molecule has 0 aliphatic carbocycles. The predicted molar refractivity (Wildman–Crippen MR) is 85.4 cm³/mol. The van der Waals surface area contributed by atoms with E-state index in [1.165, 1.54) is 16.8 Å². The zero-order chi connectivity index (χ0) is 17.6. The average Bonchev–Trinajstić information content (AvgIpc) is 3.08. The van der Waals surface area contributed by atoms with Gasteiger partial charge in [0.2, 0.25) is 0 Å². The van der Waals surface area contributed by atoms with E-state index in [1.54, 1.807) is 0 Å². The van der Waals surface area contributed by atoms with E-state index in [0.717, 1.165) is 5.56 Å². The number of nitrogens with zero attached hydrogens (tertiary/aromatic N) is 2. The van der Waals surface area contributed by atoms with Crippen LogP contribution in [0.4, 0.5) is 10.6 Å². The number of nitrogens with two attached hydrogens (primary N) is 1. The van der Waals surface area contributed by atoms with Gasteiger partial charge in [-0.15, -0.1) is 0 Å². The Kier molecular flexibility index (Phi) is 5.26. The fourth-order valence-electron chi connectivity index (χ4n) is 2.22. The Morgan fingerprint density at radius 2 is 2.08 bits per heavy atom. The molecule has 0 radical (unpaired) electrons. The van der Waals surface area contributed by atoms with Crippen LogP contribution in [0.25, 0.3) is 0 Å². The quantitative estimate of drug-likeness (QED) is 0.798. The van der Waals surface area contributed by atoms with Crippen LogP contribution in [0, 0.1) is 0 Å². The van der Waals surface area contributed by atoms with Gasteiger partial charge < -0.3 is 24.7 Å². The maximum absolute atomic E-state index is 11.8. The van der Waals surface area contributed by atoms with E-state index < -0.39 is 24.4 Å². The minimum absolute atomic E-state index is 0.112. The van der Waals surface area contributed by atoms with Gasteiger partial charge in [0.1, 0.15) is 19.0 Å². The summed E-state index contributed by atoms with van der Waals surface area (Å²) in [5, 5.41) is 0. The molecule has 1 aromatic carbocycles. The molecule has 1 aliphatic heterocycles. The number of nitrogen functional groups attached to an aromatic ring is 1. The van der Waals surface area contributed by atoms with Crippen molar-refractivity contribution in [3.05, 3.63) is 58.6 Å². The van der Waals surface area contributed by atoms with E-state index in [4.69, 9.17) is 24.7 Å². The second-order valence-electron chi connectivity index (χ2n) is 5.23. The first-order valence-corrected chi connectivity index (χ1v) is 7.57. The standard InChI is InChI=1S/C16H17N3O6/c17-12-6-7-19(15(20)18-12)13-9-22-14(25-13)10-24-16(21)23-8-11-4-2-1-3-5-11/h1-7,13-14H,8-10H2,(H2,17,18,20)/t13-,14-/m0/s1. The summed E-state index contributed by atoms with van der Waals surface area (Å²) in [4.78, 5) is 26.9. The molecule has 2 N–H and O–H groups in total. The highest BCUT2D eigenvalue weighted by Crippen LogP contribution is 2.19. The van der Waals surface area contributed by atoms with Crippen LogP contribution in [0.15, 0.2) is 47.4 Å². The maximum Gasteiger partial charge on any atom is 0.508 e. The SMILES string of the molecule is Nc1ccn([C@@H]2CO[C@H](COC(=O)OCc3ccccc3)O2)c(=O)n1. The van der Waals surface area contributed by atoms with Crippen LogP contribution in [0.2, 0.25) is 0 Å². The molecular weight excluding hydrogens is 330 g/mol. The van der Waals surface area contributed by atoms with Crippen LogP contribution in [0.5, 0.6) is 0 Å². The molecule has 2 heterocycles. The molecular formula is C16H17N3O6. The number of anilines is 1. The van der Waals surface area contributed by atoms with Crippen molar-refractivity contribution in [1.29, 1.82) is 0 Å². The lowest BCUT2D eigenvalue weighted by molar-refractivity contribution is -0.108. The first kappa shape index (κ1) is 16.9. The van der Waals surface area contributed by atoms with Crippen LogP contribution in [0.1, 0.15) is 11.8 Å². The monoisotopic (exact) mass is 347 g/mol. The summed E-state index contributed by atoms with van der Waals surface area (Å²) in [6, 6.07) is 10.7. The summed E-state index contributed by atoms with van der Waals surface area (Å²) >= 11 is 0. The van der Waals surface area contributed by atoms with Crippen LogP contribution < -0.4 is 11.4 Å². The van der Waals surface area contributed by atoms with Crippen LogP contribution in [0.3, 0.4) is 0 Å². The molecule has 1 saturated heterocycles. The van der Waals surface area contributed by atoms with Gasteiger partial charge in [-0.3, -0.25) is 4.57 Å². The van der Waals surface area contributed by atoms with Crippen molar-refractivity contribution in [1.82, 2.24) is 9.55 Å². The highest BCUT2D eigenvalue weighted by Gasteiger charge is 2.29. The summed E-state index contributed by atoms with van der Waals surface area (Å²) in [5.74, 6) is 0.126. The van der Waals surface area contributed by atoms with Gasteiger partial charge >= 0.3 is 11.8 Å². The van der Waals surface area contributed by atoms with Crippen molar-refractivity contribution in [2.45, 2.75) is 19.1 Å². The molecule has 2 aromatic rings. The lowest BCUT2D eigenvalue weighted by Crippen LogP contribution is -2.29. The van der Waals surface area contributed by atoms with Crippen molar-refractivity contribution in [3.8, 4) is 0 Å². The summed E-state index contributed by atoms with van der Waals surface area (Å²) in [7, 11) is 0. The maximum atomic E-state index is 11.8. The molecule has 1 fully saturated rings. The Morgan fingerprint density at radius 3 is 2.84 bits per heavy atom. The van der Waals surface area contributed by atoms with E-state index in [1.807, 2.05) is 30.3 Å². The van der Waals surface area contributed by atoms with Crippen molar-refractivity contribution < 1.29 is 23.7 Å². The highest BCUT2D eigenvalue weighted by molar-refractivity contribution is 5.59. The number of rotatable bonds is 5. The van der Waals surface area contributed by atoms with Gasteiger partial charge in [0, 0.05) is 6.20 Å². The summed E-state index contributed by atoms with van der Waals surface area (Å²) < 4.78 is 22.0. The fourth-order valence-corrected chi connectivity index (χ4v) is 2.22. The zero-order valence-corrected chi connectivity index (χ0v) is 13.2. The van der Waals surface area contributed by atoms with Crippen molar-refractivity contribution in [2.24, 2.45) is 0 Å². The third kappa shape index (κ3) is 4.55. The number of benzene rings is 1. The molecule has 0 bridgehead atoms. The summed E-state index contributed by atoms with van der Waals surface area (Å²) in [6.07, 6.45) is -0.810. The molecule has 0 unspecified atom stereocenters. The van der Waals surface area contributed by atoms with Crippen LogP contribution in [-0.4, -0.2) is 35.2 Å². The van der Waals surface area contributed by atoms with E-state index >= 15 is 0 Å². The number of carbonyl (C=O) groups excluding carboxylic acids is 1. The molecule has 3 rings (SSSR count). The molecule has 2 atom stereocenters. The van der Waals surface area contributed by atoms with Gasteiger partial charge in [-0.1, -0.05) is 30.3 Å². The number of carbonyl (C=O) groups is 1. The topological polar surface area (TPSA) is 115 Å². The lowest BCUT2D eigenvalue weighted by atomic mass is 10.2. The zero-order valence-electron chi connectivity index (χ0n) is 13.2. The lowest BCUT2D eigenvalue weighted by Gasteiger charge is -2.13. The van der Waals surface area contributed by atoms with Crippen molar-refractivity contribution >= 4 is 12.0 Å². The van der Waals surface area contributed by atoms with Gasteiger partial charge in [-0.25, -0.2) is 9.59 Å². The molecule has 9 heteroatoms. The van der Waals surface area contributed by atoms with Gasteiger partial charge in [0.05, 0.1) is 6.61 Å². The Bertz CT molecular complexity index is 779. The number of hydrogen-bond acceptors (Lipinski definition) is 8. The Balaban J connectivity index is 1.44. The second-order valence-corrected chi connectivity index (χ2v) is 5.23. The summed E-state index contributed by atoms with van der Waals surface area (Å²) in [5.41, 5.74) is 5.74. The molecule has 1 aromatic heterocycles. The third-order valence-electron chi connectivity index (χ3n) is 3.43. The number of aromatic nitrogens is 2. The molecule has 0 spiro atoms. The first-order chi connectivity index (χ1) is 12.1. The Hall–Kier alpha value is -2.91. The Labute approximate surface area is 142 Å². The molecule has 0 saturated carbocycles. The molecule has 1 aliphatic rings. The van der Waals surface area contributed by atoms with Gasteiger partial charge in [0.25, 0.3) is 0 Å². The average molecular weight is 347 g/mol. The molecule has 0 amide bonds. The molecule has 9 nitrogen and oxygen atoms in total. The van der Waals surface area contributed by atoms with Crippen molar-refractivity contribution in [2.75, 3.05) is 18.9 Å². The fraction of sp³-hybridized carbons (Fsp3) is 0.312. The minimum atomic E-state index is -0.828. The van der Waals surface area contributed by atoms with Gasteiger partial charge in [0.15, 0.2) is 12.5 Å². The predicted octanol–water partition coefficient (Wildman–Crippen LogP) is 1.05. The van der Waals surface area contributed by atoms with E-state index in [-0.39, 0.29) is 25.6 Å². The van der Waals surface area contributed by atoms with Crippen LogP contribution >= 0.6 is 0 Å². The second kappa shape index (κ2) is 7.77. The number of ether oxygens (including phenoxy) is 4. The van der Waals surface area contributed by atoms with Crippen LogP contribution in [-0.2, 0) is 25.6 Å². The number of hydrogen-bond donors (Lipinski definition) is 1. The largest absolute Gasteiger partial charge is 0.508 e. The molecule has 132 valence electrons. The third-order valence-corrected chi connectivity index (χ3v) is 3.43. The van der Waals surface area contributed by atoms with Gasteiger partial charge in [-0.2, -0.15) is 4.98 Å². The summed E-state index contributed by atoms with van der Waals surface area (Å²) in [6.45, 7) is 0.0844. The molecule has 25 heavy (non-hydrogen) atoms. The van der Waals surface area contributed by atoms with Gasteiger partial charge in [-0.05, 0) is 11.6 Å². The van der Waals surface area contributed by atoms with E-state index in [9.17, 15) is 9.59 Å². The first-order valence-electron chi connectivity index (χ1n) is 7.57. The Morgan fingerprint density at radius 1 is 1.28 bits per heavy atom. The van der Waals surface area contributed by atoms with E-state index in [0.29, 0.717) is 0 Å². The normalized spacial score (nSPS) is 19.5.